The van der Waals surface area contributed by atoms with Crippen molar-refractivity contribution in [1.82, 2.24) is 29.4 Å². The first-order valence-electron chi connectivity index (χ1n) is 9.41. The Bertz CT molecular complexity index is 1010. The number of pyridine rings is 1. The largest absolute Gasteiger partial charge is 0.382 e. The smallest absolute Gasteiger partial charge is 0.160 e. The van der Waals surface area contributed by atoms with Crippen molar-refractivity contribution >= 4 is 29.1 Å². The average molecular weight is 383 g/mol. The molecule has 0 aliphatic rings. The predicted octanol–water partition coefficient (Wildman–Crippen LogP) is 3.49. The van der Waals surface area contributed by atoms with E-state index >= 15 is 0 Å². The van der Waals surface area contributed by atoms with Gasteiger partial charge in [0, 0.05) is 18.3 Å². The summed E-state index contributed by atoms with van der Waals surface area (Å²) < 4.78 is 18.2. The third-order valence-electron chi connectivity index (χ3n) is 4.81. The summed E-state index contributed by atoms with van der Waals surface area (Å²) in [7, 11) is 0. The number of rotatable bonds is 8. The molecule has 3 rings (SSSR count). The molecule has 8 heteroatoms. The van der Waals surface area contributed by atoms with Gasteiger partial charge in [-0.25, -0.2) is 18.7 Å². The molecule has 0 saturated carbocycles. The van der Waals surface area contributed by atoms with Crippen molar-refractivity contribution in [3.63, 3.8) is 0 Å². The van der Waals surface area contributed by atoms with Crippen LogP contribution in [-0.4, -0.2) is 49.1 Å². The monoisotopic (exact) mass is 383 g/mol. The zero-order valence-corrected chi connectivity index (χ0v) is 16.6. The molecule has 2 N–H and O–H groups in total. The fourth-order valence-corrected chi connectivity index (χ4v) is 3.24. The van der Waals surface area contributed by atoms with Gasteiger partial charge in [-0.05, 0) is 32.2 Å². The first kappa shape index (κ1) is 19.8. The number of allylic oxidation sites excluding steroid dienone is 1. The number of nitrogens with two attached hydrogens (primary N) is 1. The van der Waals surface area contributed by atoms with Crippen LogP contribution in [0.4, 0.5) is 10.2 Å². The quantitative estimate of drug-likeness (QED) is 0.644. The van der Waals surface area contributed by atoms with Gasteiger partial charge < -0.3 is 10.6 Å². The van der Waals surface area contributed by atoms with Crippen molar-refractivity contribution in [3.8, 4) is 11.3 Å². The summed E-state index contributed by atoms with van der Waals surface area (Å²) >= 11 is 0. The summed E-state index contributed by atoms with van der Waals surface area (Å²) in [6.45, 7) is 13.2. The summed E-state index contributed by atoms with van der Waals surface area (Å²) in [5.74, 6) is -0.181. The standard InChI is InChI=1S/C20H26FN7/c1-5-9-17-15(13-23-27(17)8-4)18-16(21)12-14-19(22)25-28(20(14)24-18)11-10-26(6-2)7-3/h5,8-9,12-13H,4,6-7,10-11H2,1-3H3,(H2,22,25)/b9-5-. The molecule has 0 aliphatic heterocycles. The van der Waals surface area contributed by atoms with Gasteiger partial charge in [-0.2, -0.15) is 10.2 Å². The lowest BCUT2D eigenvalue weighted by molar-refractivity contribution is 0.287. The number of hydrogen-bond donors (Lipinski definition) is 1. The second kappa shape index (κ2) is 8.35. The van der Waals surface area contributed by atoms with E-state index in [9.17, 15) is 4.39 Å². The van der Waals surface area contributed by atoms with Gasteiger partial charge in [0.25, 0.3) is 0 Å². The van der Waals surface area contributed by atoms with Crippen LogP contribution in [0.15, 0.2) is 24.9 Å². The summed E-state index contributed by atoms with van der Waals surface area (Å²) in [6, 6.07) is 1.40. The molecule has 3 heterocycles. The van der Waals surface area contributed by atoms with Gasteiger partial charge in [0.05, 0.1) is 23.8 Å². The molecule has 28 heavy (non-hydrogen) atoms. The van der Waals surface area contributed by atoms with Crippen LogP contribution in [0.25, 0.3) is 34.6 Å². The lowest BCUT2D eigenvalue weighted by atomic mass is 10.1. The maximum Gasteiger partial charge on any atom is 0.160 e. The molecule has 148 valence electrons. The van der Waals surface area contributed by atoms with Crippen LogP contribution in [0.5, 0.6) is 0 Å². The number of halogens is 1. The second-order valence-electron chi connectivity index (χ2n) is 6.40. The lowest BCUT2D eigenvalue weighted by Gasteiger charge is -2.17. The zero-order valence-electron chi connectivity index (χ0n) is 16.6. The summed E-state index contributed by atoms with van der Waals surface area (Å²) in [6.07, 6.45) is 6.88. The maximum atomic E-state index is 14.9. The lowest BCUT2D eigenvalue weighted by Crippen LogP contribution is -2.27. The van der Waals surface area contributed by atoms with Gasteiger partial charge in [0.1, 0.15) is 5.69 Å². The highest BCUT2D eigenvalue weighted by Gasteiger charge is 2.19. The first-order valence-corrected chi connectivity index (χ1v) is 9.41. The van der Waals surface area contributed by atoms with E-state index in [-0.39, 0.29) is 11.5 Å². The summed E-state index contributed by atoms with van der Waals surface area (Å²) in [5, 5.41) is 9.14. The number of aromatic nitrogens is 5. The molecular formula is C20H26FN7. The van der Waals surface area contributed by atoms with Crippen molar-refractivity contribution in [2.45, 2.75) is 27.3 Å². The number of nitrogen functional groups attached to an aromatic ring is 1. The summed E-state index contributed by atoms with van der Waals surface area (Å²) in [4.78, 5) is 6.88. The van der Waals surface area contributed by atoms with Crippen molar-refractivity contribution in [2.24, 2.45) is 0 Å². The van der Waals surface area contributed by atoms with Crippen LogP contribution in [0.2, 0.25) is 0 Å². The molecule has 0 radical (unpaired) electrons. The van der Waals surface area contributed by atoms with Gasteiger partial charge in [-0.3, -0.25) is 0 Å². The Kier molecular flexibility index (Phi) is 5.89. The Balaban J connectivity index is 2.10. The van der Waals surface area contributed by atoms with Gasteiger partial charge in [-0.15, -0.1) is 0 Å². The number of fused-ring (bicyclic) bond motifs is 1. The molecule has 7 nitrogen and oxygen atoms in total. The van der Waals surface area contributed by atoms with E-state index in [1.807, 2.05) is 19.1 Å². The fraction of sp³-hybridized carbons (Fsp3) is 0.350. The van der Waals surface area contributed by atoms with Crippen LogP contribution >= 0.6 is 0 Å². The molecule has 3 aromatic rings. The van der Waals surface area contributed by atoms with Crippen molar-refractivity contribution in [2.75, 3.05) is 25.4 Å². The van der Waals surface area contributed by atoms with E-state index in [1.54, 1.807) is 21.8 Å². The second-order valence-corrected chi connectivity index (χ2v) is 6.40. The molecular weight excluding hydrogens is 357 g/mol. The SMILES string of the molecule is C=Cn1ncc(-c2nc3c(cc2F)c(N)nn3CCN(CC)CC)c1/C=C\C. The molecule has 0 spiro atoms. The van der Waals surface area contributed by atoms with E-state index in [0.29, 0.717) is 28.8 Å². The molecule has 0 saturated heterocycles. The number of hydrogen-bond acceptors (Lipinski definition) is 5. The van der Waals surface area contributed by atoms with Crippen LogP contribution < -0.4 is 5.73 Å². The first-order chi connectivity index (χ1) is 13.5. The fourth-order valence-electron chi connectivity index (χ4n) is 3.24. The predicted molar refractivity (Wildman–Crippen MR) is 112 cm³/mol. The third-order valence-corrected chi connectivity index (χ3v) is 4.81. The number of anilines is 1. The topological polar surface area (TPSA) is 77.8 Å². The van der Waals surface area contributed by atoms with E-state index < -0.39 is 5.82 Å². The van der Waals surface area contributed by atoms with Gasteiger partial charge in [-0.1, -0.05) is 26.5 Å². The Labute approximate surface area is 164 Å². The molecule has 0 atom stereocenters. The van der Waals surface area contributed by atoms with Crippen LogP contribution in [0.3, 0.4) is 0 Å². The molecule has 0 aliphatic carbocycles. The number of nitrogens with zero attached hydrogens (tertiary/aromatic N) is 6. The Morgan fingerprint density at radius 3 is 2.71 bits per heavy atom. The molecule has 3 aromatic heterocycles. The minimum Gasteiger partial charge on any atom is -0.382 e. The van der Waals surface area contributed by atoms with Crippen LogP contribution in [0.1, 0.15) is 26.5 Å². The maximum absolute atomic E-state index is 14.9. The van der Waals surface area contributed by atoms with Crippen molar-refractivity contribution in [3.05, 3.63) is 36.4 Å². The molecule has 0 fully saturated rings. The Hall–Kier alpha value is -3.00. The summed E-state index contributed by atoms with van der Waals surface area (Å²) in [5.41, 5.74) is 8.11. The minimum absolute atomic E-state index is 0.220. The van der Waals surface area contributed by atoms with Crippen LogP contribution in [-0.2, 0) is 6.54 Å². The van der Waals surface area contributed by atoms with Crippen LogP contribution in [0, 0.1) is 5.82 Å². The highest BCUT2D eigenvalue weighted by atomic mass is 19.1. The van der Waals surface area contributed by atoms with Gasteiger partial charge in [0.2, 0.25) is 0 Å². The normalized spacial score (nSPS) is 11.9. The molecule has 0 bridgehead atoms. The van der Waals surface area contributed by atoms with Crippen molar-refractivity contribution in [1.29, 1.82) is 0 Å². The molecule has 0 amide bonds. The minimum atomic E-state index is -0.461. The third kappa shape index (κ3) is 3.55. The van der Waals surface area contributed by atoms with Gasteiger partial charge in [0.15, 0.2) is 17.3 Å². The molecule has 0 unspecified atom stereocenters. The van der Waals surface area contributed by atoms with Gasteiger partial charge >= 0.3 is 0 Å². The molecule has 0 aromatic carbocycles. The number of likely N-dealkylation sites (N-methyl/N-ethyl adjacent to an activating group) is 1. The van der Waals surface area contributed by atoms with Crippen molar-refractivity contribution < 1.29 is 4.39 Å². The highest BCUT2D eigenvalue weighted by molar-refractivity contribution is 5.89. The average Bonchev–Trinajstić information content (AvgIpc) is 3.23. The highest BCUT2D eigenvalue weighted by Crippen LogP contribution is 2.30. The van der Waals surface area contributed by atoms with E-state index in [4.69, 9.17) is 5.73 Å². The van der Waals surface area contributed by atoms with E-state index in [2.05, 4.69) is 40.5 Å². The Morgan fingerprint density at radius 1 is 1.32 bits per heavy atom. The van der Waals surface area contributed by atoms with E-state index in [0.717, 1.165) is 19.6 Å². The zero-order chi connectivity index (χ0) is 20.3. The van der Waals surface area contributed by atoms with E-state index in [1.165, 1.54) is 6.07 Å². The Morgan fingerprint density at radius 2 is 2.07 bits per heavy atom.